The van der Waals surface area contributed by atoms with E-state index in [1.54, 1.807) is 0 Å². The Hall–Kier alpha value is -8.72. The van der Waals surface area contributed by atoms with Crippen LogP contribution in [0.3, 0.4) is 0 Å². The van der Waals surface area contributed by atoms with Gasteiger partial charge in [0, 0.05) is 39.3 Å². The number of allylic oxidation sites excluding steroid dienone is 7. The minimum Gasteiger partial charge on any atom is -0.310 e. The fourth-order valence-electron chi connectivity index (χ4n) is 11.3. The summed E-state index contributed by atoms with van der Waals surface area (Å²) in [5.41, 5.74) is 18.2. The predicted octanol–water partition coefficient (Wildman–Crippen LogP) is 18.6. The molecule has 0 amide bonds. The number of anilines is 2. The smallest absolute Gasteiger partial charge is 0.0547 e. The number of fused-ring (bicyclic) bond motifs is 6. The molecule has 0 aliphatic heterocycles. The Morgan fingerprint density at radius 2 is 1.11 bits per heavy atom. The third-order valence-corrected chi connectivity index (χ3v) is 14.5. The monoisotopic (exact) mass is 894 g/mol. The van der Waals surface area contributed by atoms with Crippen molar-refractivity contribution in [3.05, 3.63) is 278 Å². The lowest BCUT2D eigenvalue weighted by Gasteiger charge is -2.32. The molecule has 10 aromatic carbocycles. The van der Waals surface area contributed by atoms with Gasteiger partial charge >= 0.3 is 0 Å². The highest BCUT2D eigenvalue weighted by Gasteiger charge is 2.24. The summed E-state index contributed by atoms with van der Waals surface area (Å²) >= 11 is 0. The van der Waals surface area contributed by atoms with Crippen molar-refractivity contribution in [2.24, 2.45) is 0 Å². The van der Waals surface area contributed by atoms with Gasteiger partial charge in [0.1, 0.15) is 0 Å². The minimum atomic E-state index is 0.230. The Labute approximate surface area is 409 Å². The van der Waals surface area contributed by atoms with Gasteiger partial charge in [-0.1, -0.05) is 194 Å². The van der Waals surface area contributed by atoms with Crippen molar-refractivity contribution in [1.82, 2.24) is 4.57 Å². The van der Waals surface area contributed by atoms with Crippen LogP contribution in [0, 0.1) is 0 Å². The Kier molecular flexibility index (Phi) is 10.5. The standard InChI is InChI=1S/C68H50N2/c1-4-20-47(21-5-1)53-43-54(48-22-6-2-7-23-48)45-57(44-53)69(56-40-38-49(39-41-56)64-46-52-24-10-11-29-58(52)61-31-12-13-32-62(61)64)65-35-16-14-30-59(65)50-25-18-26-51(42-50)60-34-19-37-67-68(60)63-33-15-17-36-66(63)70(67)55-27-8-3-9-28-55/h1-6,8-22,24-38,40-46,49H,7,23,39H2. The van der Waals surface area contributed by atoms with Crippen molar-refractivity contribution in [2.75, 3.05) is 4.90 Å². The lowest BCUT2D eigenvalue weighted by atomic mass is 9.85. The van der Waals surface area contributed by atoms with Gasteiger partial charge in [-0.3, -0.25) is 0 Å². The summed E-state index contributed by atoms with van der Waals surface area (Å²) in [5.74, 6) is 0.230. The van der Waals surface area contributed by atoms with E-state index >= 15 is 0 Å². The van der Waals surface area contributed by atoms with E-state index in [-0.39, 0.29) is 5.92 Å². The van der Waals surface area contributed by atoms with E-state index in [0.717, 1.165) is 42.0 Å². The Morgan fingerprint density at radius 1 is 0.471 bits per heavy atom. The highest BCUT2D eigenvalue weighted by Crippen LogP contribution is 2.46. The first-order valence-corrected chi connectivity index (χ1v) is 24.7. The number of hydrogen-bond acceptors (Lipinski definition) is 1. The molecule has 0 N–H and O–H groups in total. The highest BCUT2D eigenvalue weighted by molar-refractivity contribution is 6.16. The van der Waals surface area contributed by atoms with E-state index in [0.29, 0.717) is 0 Å². The second-order valence-corrected chi connectivity index (χ2v) is 18.7. The molecule has 70 heavy (non-hydrogen) atoms. The van der Waals surface area contributed by atoms with Gasteiger partial charge in [0.05, 0.1) is 16.7 Å². The molecule has 1 unspecified atom stereocenters. The van der Waals surface area contributed by atoms with E-state index in [1.165, 1.54) is 93.4 Å². The Balaban J connectivity index is 0.975. The summed E-state index contributed by atoms with van der Waals surface area (Å²) in [6.45, 7) is 0. The molecule has 0 fully saturated rings. The quantitative estimate of drug-likeness (QED) is 0.131. The molecular formula is C68H50N2. The first-order valence-electron chi connectivity index (χ1n) is 24.7. The van der Waals surface area contributed by atoms with Crippen LogP contribution >= 0.6 is 0 Å². The third kappa shape index (κ3) is 7.37. The molecule has 2 aliphatic rings. The molecule has 1 atom stereocenters. The van der Waals surface area contributed by atoms with Crippen molar-refractivity contribution < 1.29 is 0 Å². The van der Waals surface area contributed by atoms with Gasteiger partial charge in [-0.05, 0) is 152 Å². The van der Waals surface area contributed by atoms with E-state index in [9.17, 15) is 0 Å². The lowest BCUT2D eigenvalue weighted by molar-refractivity contribution is 0.848. The molecule has 1 heterocycles. The number of aromatic nitrogens is 1. The van der Waals surface area contributed by atoms with Gasteiger partial charge in [-0.15, -0.1) is 0 Å². The van der Waals surface area contributed by atoms with Gasteiger partial charge < -0.3 is 9.47 Å². The van der Waals surface area contributed by atoms with E-state index < -0.39 is 0 Å². The summed E-state index contributed by atoms with van der Waals surface area (Å²) in [5, 5.41) is 7.73. The van der Waals surface area contributed by atoms with Crippen molar-refractivity contribution in [3.8, 4) is 39.1 Å². The zero-order chi connectivity index (χ0) is 46.4. The van der Waals surface area contributed by atoms with Crippen molar-refractivity contribution in [3.63, 3.8) is 0 Å². The van der Waals surface area contributed by atoms with Crippen molar-refractivity contribution >= 4 is 60.3 Å². The summed E-state index contributed by atoms with van der Waals surface area (Å²) < 4.78 is 2.40. The van der Waals surface area contributed by atoms with E-state index in [1.807, 2.05) is 0 Å². The molecule has 2 nitrogen and oxygen atoms in total. The molecule has 0 spiro atoms. The van der Waals surface area contributed by atoms with Crippen LogP contribution in [0.2, 0.25) is 0 Å². The maximum absolute atomic E-state index is 2.52. The average Bonchev–Trinajstić information content (AvgIpc) is 3.79. The summed E-state index contributed by atoms with van der Waals surface area (Å²) in [7, 11) is 0. The van der Waals surface area contributed by atoms with Crippen molar-refractivity contribution in [1.29, 1.82) is 0 Å². The fraction of sp³-hybridized carbons (Fsp3) is 0.0588. The molecule has 1 aromatic heterocycles. The molecule has 11 aromatic rings. The highest BCUT2D eigenvalue weighted by atomic mass is 15.1. The van der Waals surface area contributed by atoms with Crippen LogP contribution in [0.15, 0.2) is 267 Å². The number of nitrogens with zero attached hydrogens (tertiary/aromatic N) is 2. The van der Waals surface area contributed by atoms with Crippen LogP contribution < -0.4 is 4.90 Å². The van der Waals surface area contributed by atoms with Gasteiger partial charge in [-0.25, -0.2) is 0 Å². The number of para-hydroxylation sites is 3. The molecule has 0 bridgehead atoms. The van der Waals surface area contributed by atoms with Gasteiger partial charge in [0.15, 0.2) is 0 Å². The first-order chi connectivity index (χ1) is 34.7. The second kappa shape index (κ2) is 17.7. The molecule has 13 rings (SSSR count). The molecule has 0 saturated heterocycles. The Bertz CT molecular complexity index is 3920. The third-order valence-electron chi connectivity index (χ3n) is 14.5. The predicted molar refractivity (Wildman–Crippen MR) is 298 cm³/mol. The summed E-state index contributed by atoms with van der Waals surface area (Å²) in [6, 6.07) is 82.7. The van der Waals surface area contributed by atoms with Gasteiger partial charge in [0.25, 0.3) is 0 Å². The second-order valence-electron chi connectivity index (χ2n) is 18.7. The molecule has 0 saturated carbocycles. The van der Waals surface area contributed by atoms with Crippen molar-refractivity contribution in [2.45, 2.75) is 25.2 Å². The molecule has 0 radical (unpaired) electrons. The normalized spacial score (nSPS) is 14.6. The lowest BCUT2D eigenvalue weighted by Crippen LogP contribution is -2.18. The van der Waals surface area contributed by atoms with E-state index in [2.05, 4.69) is 270 Å². The topological polar surface area (TPSA) is 8.17 Å². The van der Waals surface area contributed by atoms with Crippen LogP contribution in [-0.4, -0.2) is 4.57 Å². The largest absolute Gasteiger partial charge is 0.310 e. The average molecular weight is 895 g/mol. The number of hydrogen-bond donors (Lipinski definition) is 0. The molecular weight excluding hydrogens is 845 g/mol. The summed E-state index contributed by atoms with van der Waals surface area (Å²) in [4.78, 5) is 2.52. The summed E-state index contributed by atoms with van der Waals surface area (Å²) in [6.07, 6.45) is 17.0. The number of benzene rings is 10. The van der Waals surface area contributed by atoms with Crippen LogP contribution in [0.1, 0.15) is 36.3 Å². The SMILES string of the molecule is C1=CCCC(c2cc(-c3ccccc3)cc(N(C3=CCC(c4cc5ccccc5c5ccccc45)C=C3)c3ccccc3-c3cccc(-c4cccc5c4c4ccccc4n5-c4ccccc4)c3)c2)=C1. The maximum atomic E-state index is 2.52. The molecule has 2 heteroatoms. The van der Waals surface area contributed by atoms with Crippen LogP contribution in [0.5, 0.6) is 0 Å². The zero-order valence-electron chi connectivity index (χ0n) is 38.9. The molecule has 332 valence electrons. The molecule has 2 aliphatic carbocycles. The maximum Gasteiger partial charge on any atom is 0.0547 e. The Morgan fingerprint density at radius 3 is 1.93 bits per heavy atom. The van der Waals surface area contributed by atoms with E-state index in [4.69, 9.17) is 0 Å². The minimum absolute atomic E-state index is 0.230. The van der Waals surface area contributed by atoms with Crippen LogP contribution in [-0.2, 0) is 0 Å². The van der Waals surface area contributed by atoms with Crippen LogP contribution in [0.25, 0.3) is 88.0 Å². The zero-order valence-corrected chi connectivity index (χ0v) is 38.9. The van der Waals surface area contributed by atoms with Crippen LogP contribution in [0.4, 0.5) is 11.4 Å². The number of rotatable bonds is 9. The van der Waals surface area contributed by atoms with Gasteiger partial charge in [0.2, 0.25) is 0 Å². The fourth-order valence-corrected chi connectivity index (χ4v) is 11.3. The first kappa shape index (κ1) is 41.5. The van der Waals surface area contributed by atoms with Gasteiger partial charge in [-0.2, -0.15) is 0 Å².